The molecule has 1 aliphatic heterocycles. The summed E-state index contributed by atoms with van der Waals surface area (Å²) in [6.07, 6.45) is 47.4. The minimum absolute atomic E-state index is 0.114. The number of carbonyl (C=O) groups is 1. The number of allylic oxidation sites excluding steroid dienone is 6. The Labute approximate surface area is 380 Å². The van der Waals surface area contributed by atoms with Gasteiger partial charge in [0.2, 0.25) is 0 Å². The summed E-state index contributed by atoms with van der Waals surface area (Å²) in [5, 5.41) is 40.2. The van der Waals surface area contributed by atoms with Crippen molar-refractivity contribution >= 4 is 5.97 Å². The van der Waals surface area contributed by atoms with Crippen LogP contribution in [0.3, 0.4) is 0 Å². The highest BCUT2D eigenvalue weighted by molar-refractivity contribution is 5.69. The highest BCUT2D eigenvalue weighted by Gasteiger charge is 2.44. The van der Waals surface area contributed by atoms with Crippen molar-refractivity contribution < 1.29 is 44.2 Å². The molecule has 6 atom stereocenters. The van der Waals surface area contributed by atoms with Gasteiger partial charge >= 0.3 is 5.97 Å². The summed E-state index contributed by atoms with van der Waals surface area (Å²) in [6, 6.07) is 0. The van der Waals surface area contributed by atoms with E-state index in [0.29, 0.717) is 13.0 Å². The highest BCUT2D eigenvalue weighted by Crippen LogP contribution is 2.23. The molecule has 6 unspecified atom stereocenters. The van der Waals surface area contributed by atoms with Crippen molar-refractivity contribution in [3.05, 3.63) is 36.5 Å². The molecule has 0 saturated carbocycles. The van der Waals surface area contributed by atoms with Gasteiger partial charge in [-0.15, -0.1) is 0 Å². The molecule has 0 bridgehead atoms. The first-order chi connectivity index (χ1) is 30.4. The third-order valence-corrected chi connectivity index (χ3v) is 12.1. The predicted octanol–water partition coefficient (Wildman–Crippen LogP) is 12.7. The van der Waals surface area contributed by atoms with E-state index in [4.69, 9.17) is 18.9 Å². The molecule has 9 heteroatoms. The molecule has 0 aromatic rings. The summed E-state index contributed by atoms with van der Waals surface area (Å²) < 4.78 is 22.9. The van der Waals surface area contributed by atoms with Crippen LogP contribution in [0.4, 0.5) is 0 Å². The Morgan fingerprint density at radius 1 is 0.516 bits per heavy atom. The van der Waals surface area contributed by atoms with Crippen LogP contribution in [0, 0.1) is 0 Å². The molecular formula is C53H98O9. The van der Waals surface area contributed by atoms with E-state index in [9.17, 15) is 25.2 Å². The third kappa shape index (κ3) is 34.8. The Bertz CT molecular complexity index is 1050. The van der Waals surface area contributed by atoms with Crippen LogP contribution in [0.25, 0.3) is 0 Å². The molecule has 1 saturated heterocycles. The average Bonchev–Trinajstić information content (AvgIpc) is 3.27. The number of rotatable bonds is 45. The van der Waals surface area contributed by atoms with Crippen molar-refractivity contribution in [3.8, 4) is 0 Å². The molecule has 1 aliphatic rings. The smallest absolute Gasteiger partial charge is 0.306 e. The van der Waals surface area contributed by atoms with E-state index in [1.807, 2.05) is 0 Å². The molecule has 4 N–H and O–H groups in total. The van der Waals surface area contributed by atoms with Crippen molar-refractivity contribution in [3.63, 3.8) is 0 Å². The van der Waals surface area contributed by atoms with Crippen molar-refractivity contribution in [2.75, 3.05) is 26.4 Å². The molecule has 9 nitrogen and oxygen atoms in total. The van der Waals surface area contributed by atoms with Gasteiger partial charge in [0.1, 0.15) is 30.5 Å². The summed E-state index contributed by atoms with van der Waals surface area (Å²) in [5.74, 6) is -0.317. The lowest BCUT2D eigenvalue weighted by atomic mass is 9.99. The van der Waals surface area contributed by atoms with E-state index in [2.05, 4.69) is 50.3 Å². The van der Waals surface area contributed by atoms with E-state index in [-0.39, 0.29) is 19.2 Å². The van der Waals surface area contributed by atoms with Crippen LogP contribution in [-0.2, 0) is 23.7 Å². The van der Waals surface area contributed by atoms with Crippen molar-refractivity contribution in [1.29, 1.82) is 0 Å². The first-order valence-electron chi connectivity index (χ1n) is 26.1. The minimum atomic E-state index is -1.54. The maximum atomic E-state index is 12.8. The summed E-state index contributed by atoms with van der Waals surface area (Å²) in [5.41, 5.74) is 0. The van der Waals surface area contributed by atoms with Gasteiger partial charge in [0.05, 0.1) is 19.8 Å². The Kier molecular flexibility index (Phi) is 42.0. The fraction of sp³-hybridized carbons (Fsp3) is 0.868. The lowest BCUT2D eigenvalue weighted by Crippen LogP contribution is -2.59. The van der Waals surface area contributed by atoms with E-state index in [0.717, 1.165) is 51.4 Å². The van der Waals surface area contributed by atoms with E-state index in [1.54, 1.807) is 0 Å². The lowest BCUT2D eigenvalue weighted by Gasteiger charge is -2.39. The molecule has 0 radical (unpaired) electrons. The van der Waals surface area contributed by atoms with Gasteiger partial charge in [-0.3, -0.25) is 4.79 Å². The van der Waals surface area contributed by atoms with Crippen molar-refractivity contribution in [2.24, 2.45) is 0 Å². The zero-order chi connectivity index (χ0) is 45.0. The molecule has 0 spiro atoms. The van der Waals surface area contributed by atoms with Gasteiger partial charge in [0.15, 0.2) is 6.29 Å². The molecule has 1 heterocycles. The van der Waals surface area contributed by atoms with Gasteiger partial charge in [-0.05, 0) is 51.4 Å². The number of carbonyl (C=O) groups excluding carboxylic acids is 1. The number of esters is 1. The zero-order valence-corrected chi connectivity index (χ0v) is 40.1. The third-order valence-electron chi connectivity index (χ3n) is 12.1. The van der Waals surface area contributed by atoms with Gasteiger partial charge in [-0.25, -0.2) is 0 Å². The maximum absolute atomic E-state index is 12.8. The first-order valence-corrected chi connectivity index (χ1v) is 26.1. The number of aliphatic hydroxyl groups excluding tert-OH is 4. The molecule has 1 fully saturated rings. The lowest BCUT2D eigenvalue weighted by molar-refractivity contribution is -0.305. The molecule has 0 aliphatic carbocycles. The first kappa shape index (κ1) is 58.4. The van der Waals surface area contributed by atoms with Crippen LogP contribution in [0.5, 0.6) is 0 Å². The van der Waals surface area contributed by atoms with Gasteiger partial charge in [0.25, 0.3) is 0 Å². The van der Waals surface area contributed by atoms with Crippen molar-refractivity contribution in [1.82, 2.24) is 0 Å². The number of ether oxygens (including phenoxy) is 4. The molecule has 0 aromatic carbocycles. The Morgan fingerprint density at radius 3 is 1.40 bits per heavy atom. The molecule has 62 heavy (non-hydrogen) atoms. The fourth-order valence-corrected chi connectivity index (χ4v) is 7.97. The standard InChI is InChI=1S/C53H98O9/c1-3-5-7-9-11-13-15-17-19-21-22-23-24-25-26-27-28-30-32-34-36-38-40-42-49(55)61-47(46-60-53-52(58)51(57)50(56)48(44-54)62-53)45-59-43-41-39-37-35-33-31-29-20-18-16-14-12-10-8-6-4-2/h15,17,21-22,24-25,47-48,50-54,56-58H,3-14,16,18-20,23,26-46H2,1-2H3/b17-15-,22-21-,25-24-. The number of aliphatic hydroxyl groups is 4. The summed E-state index contributed by atoms with van der Waals surface area (Å²) in [7, 11) is 0. The number of hydrogen-bond donors (Lipinski definition) is 4. The quantitative estimate of drug-likeness (QED) is 0.0268. The maximum Gasteiger partial charge on any atom is 0.306 e. The topological polar surface area (TPSA) is 135 Å². The molecular weight excluding hydrogens is 781 g/mol. The summed E-state index contributed by atoms with van der Waals surface area (Å²) in [6.45, 7) is 4.58. The largest absolute Gasteiger partial charge is 0.457 e. The second kappa shape index (κ2) is 44.6. The monoisotopic (exact) mass is 879 g/mol. The Morgan fingerprint density at radius 2 is 0.935 bits per heavy atom. The highest BCUT2D eigenvalue weighted by atomic mass is 16.7. The van der Waals surface area contributed by atoms with E-state index >= 15 is 0 Å². The molecule has 0 aromatic heterocycles. The van der Waals surface area contributed by atoms with Crippen LogP contribution < -0.4 is 0 Å². The van der Waals surface area contributed by atoms with E-state index in [1.165, 1.54) is 161 Å². The number of hydrogen-bond acceptors (Lipinski definition) is 9. The normalized spacial score (nSPS) is 20.0. The number of unbranched alkanes of at least 4 members (excludes halogenated alkanes) is 28. The molecule has 364 valence electrons. The Hall–Kier alpha value is -1.59. The summed E-state index contributed by atoms with van der Waals surface area (Å²) in [4.78, 5) is 12.8. The van der Waals surface area contributed by atoms with Crippen molar-refractivity contribution in [2.45, 2.75) is 269 Å². The van der Waals surface area contributed by atoms with Crippen LogP contribution in [-0.4, -0.2) is 89.6 Å². The molecule has 0 amide bonds. The van der Waals surface area contributed by atoms with Crippen LogP contribution in [0.1, 0.15) is 232 Å². The second-order valence-electron chi connectivity index (χ2n) is 18.0. The fourth-order valence-electron chi connectivity index (χ4n) is 7.97. The van der Waals surface area contributed by atoms with Gasteiger partial charge < -0.3 is 39.4 Å². The van der Waals surface area contributed by atoms with Gasteiger partial charge in [0, 0.05) is 13.0 Å². The Balaban J connectivity index is 2.20. The zero-order valence-electron chi connectivity index (χ0n) is 40.1. The molecule has 1 rings (SSSR count). The minimum Gasteiger partial charge on any atom is -0.457 e. The van der Waals surface area contributed by atoms with Crippen LogP contribution >= 0.6 is 0 Å². The predicted molar refractivity (Wildman–Crippen MR) is 256 cm³/mol. The second-order valence-corrected chi connectivity index (χ2v) is 18.0. The van der Waals surface area contributed by atoms with Gasteiger partial charge in [-0.2, -0.15) is 0 Å². The summed E-state index contributed by atoms with van der Waals surface area (Å²) >= 11 is 0. The average molecular weight is 879 g/mol. The van der Waals surface area contributed by atoms with Crippen LogP contribution in [0.2, 0.25) is 0 Å². The van der Waals surface area contributed by atoms with Crippen LogP contribution in [0.15, 0.2) is 36.5 Å². The van der Waals surface area contributed by atoms with E-state index < -0.39 is 43.4 Å². The SMILES string of the molecule is CCCCCCC/C=C\C/C=C\C/C=C\CCCCCCCCCCC(=O)OC(COCCCCCCCCCCCCCCCCCC)COC1OC(CO)C(O)C(O)C1O. The van der Waals surface area contributed by atoms with Gasteiger partial charge in [-0.1, -0.05) is 211 Å².